The zero-order chi connectivity index (χ0) is 13.1. The largest absolute Gasteiger partial charge is 0.497 e. The molecule has 0 bridgehead atoms. The summed E-state index contributed by atoms with van der Waals surface area (Å²) in [5, 5.41) is 0. The van der Waals surface area contributed by atoms with Crippen LogP contribution in [0.5, 0.6) is 11.5 Å². The molecule has 0 spiro atoms. The van der Waals surface area contributed by atoms with Crippen LogP contribution in [-0.2, 0) is 0 Å². The van der Waals surface area contributed by atoms with Crippen LogP contribution >= 0.6 is 0 Å². The van der Waals surface area contributed by atoms with Crippen LogP contribution < -0.4 is 15.2 Å². The number of nitrogens with one attached hydrogen (secondary N) is 1. The monoisotopic (exact) mass is 247 g/mol. The predicted octanol–water partition coefficient (Wildman–Crippen LogP) is 2.11. The van der Waals surface area contributed by atoms with Gasteiger partial charge in [0.05, 0.1) is 32.2 Å². The molecule has 3 N–H and O–H groups in total. The first-order chi connectivity index (χ1) is 8.65. The van der Waals surface area contributed by atoms with Gasteiger partial charge in [0.25, 0.3) is 0 Å². The van der Waals surface area contributed by atoms with E-state index in [9.17, 15) is 0 Å². The summed E-state index contributed by atoms with van der Waals surface area (Å²) in [5.41, 5.74) is 7.54. The van der Waals surface area contributed by atoms with Crippen molar-refractivity contribution in [2.75, 3.05) is 14.2 Å². The lowest BCUT2D eigenvalue weighted by Crippen LogP contribution is -2.06. The van der Waals surface area contributed by atoms with Crippen LogP contribution in [0.1, 0.15) is 18.8 Å². The molecule has 0 aliphatic heterocycles. The van der Waals surface area contributed by atoms with Crippen LogP contribution in [0.4, 0.5) is 0 Å². The number of benzene rings is 1. The van der Waals surface area contributed by atoms with E-state index in [1.807, 2.05) is 25.1 Å². The molecular weight excluding hydrogens is 230 g/mol. The fourth-order valence-corrected chi connectivity index (χ4v) is 1.73. The van der Waals surface area contributed by atoms with Crippen LogP contribution in [0.3, 0.4) is 0 Å². The van der Waals surface area contributed by atoms with Crippen molar-refractivity contribution in [1.82, 2.24) is 9.97 Å². The summed E-state index contributed by atoms with van der Waals surface area (Å²) < 4.78 is 10.5. The molecule has 0 saturated carbocycles. The smallest absolute Gasteiger partial charge is 0.128 e. The van der Waals surface area contributed by atoms with E-state index >= 15 is 0 Å². The van der Waals surface area contributed by atoms with Gasteiger partial charge < -0.3 is 20.2 Å². The molecular formula is C13H17N3O2. The number of hydrogen-bond acceptors (Lipinski definition) is 4. The first-order valence-corrected chi connectivity index (χ1v) is 5.68. The van der Waals surface area contributed by atoms with Crippen molar-refractivity contribution < 1.29 is 9.47 Å². The third-order valence-corrected chi connectivity index (χ3v) is 2.72. The van der Waals surface area contributed by atoms with Crippen molar-refractivity contribution in [3.8, 4) is 22.8 Å². The molecule has 2 aromatic rings. The summed E-state index contributed by atoms with van der Waals surface area (Å²) in [6, 6.07) is 5.48. The van der Waals surface area contributed by atoms with Crippen LogP contribution in [-0.4, -0.2) is 24.2 Å². The topological polar surface area (TPSA) is 73.2 Å². The van der Waals surface area contributed by atoms with Crippen molar-refractivity contribution in [2.45, 2.75) is 13.0 Å². The summed E-state index contributed by atoms with van der Waals surface area (Å²) in [7, 11) is 3.26. The van der Waals surface area contributed by atoms with E-state index in [0.717, 1.165) is 28.6 Å². The zero-order valence-electron chi connectivity index (χ0n) is 10.7. The molecule has 1 unspecified atom stereocenters. The molecule has 1 heterocycles. The van der Waals surface area contributed by atoms with E-state index in [1.54, 1.807) is 20.4 Å². The number of aromatic nitrogens is 2. The fraction of sp³-hybridized carbons (Fsp3) is 0.308. The molecule has 0 radical (unpaired) electrons. The Morgan fingerprint density at radius 3 is 2.61 bits per heavy atom. The average molecular weight is 247 g/mol. The second-order valence-corrected chi connectivity index (χ2v) is 4.04. The summed E-state index contributed by atoms with van der Waals surface area (Å²) in [6.07, 6.45) is 1.75. The second kappa shape index (κ2) is 5.10. The Bertz CT molecular complexity index is 535. The molecule has 0 fully saturated rings. The summed E-state index contributed by atoms with van der Waals surface area (Å²) in [6.45, 7) is 1.88. The summed E-state index contributed by atoms with van der Waals surface area (Å²) in [4.78, 5) is 7.43. The number of nitrogens with two attached hydrogens (primary N) is 1. The van der Waals surface area contributed by atoms with Crippen LogP contribution in [0.25, 0.3) is 11.3 Å². The van der Waals surface area contributed by atoms with Gasteiger partial charge in [0.15, 0.2) is 0 Å². The van der Waals surface area contributed by atoms with Crippen LogP contribution in [0.2, 0.25) is 0 Å². The zero-order valence-corrected chi connectivity index (χ0v) is 10.7. The van der Waals surface area contributed by atoms with Crippen molar-refractivity contribution in [3.05, 3.63) is 30.2 Å². The third kappa shape index (κ3) is 2.31. The molecule has 1 aromatic heterocycles. The van der Waals surface area contributed by atoms with Crippen LogP contribution in [0.15, 0.2) is 24.4 Å². The quantitative estimate of drug-likeness (QED) is 0.867. The lowest BCUT2D eigenvalue weighted by Gasteiger charge is -2.09. The van der Waals surface area contributed by atoms with Crippen LogP contribution in [0, 0.1) is 0 Å². The maximum atomic E-state index is 5.78. The van der Waals surface area contributed by atoms with Gasteiger partial charge in [-0.2, -0.15) is 0 Å². The molecule has 96 valence electrons. The minimum atomic E-state index is -0.129. The first kappa shape index (κ1) is 12.4. The van der Waals surface area contributed by atoms with Gasteiger partial charge >= 0.3 is 0 Å². The normalized spacial score (nSPS) is 12.2. The van der Waals surface area contributed by atoms with E-state index in [1.165, 1.54) is 0 Å². The molecule has 1 atom stereocenters. The number of methoxy groups -OCH3 is 2. The molecule has 0 amide bonds. The maximum absolute atomic E-state index is 5.78. The Labute approximate surface area is 106 Å². The number of H-pyrrole nitrogens is 1. The molecule has 2 rings (SSSR count). The number of aromatic amines is 1. The minimum Gasteiger partial charge on any atom is -0.497 e. The molecule has 5 heteroatoms. The first-order valence-electron chi connectivity index (χ1n) is 5.68. The fourth-order valence-electron chi connectivity index (χ4n) is 1.73. The average Bonchev–Trinajstić information content (AvgIpc) is 2.87. The van der Waals surface area contributed by atoms with Gasteiger partial charge in [-0.25, -0.2) is 4.98 Å². The van der Waals surface area contributed by atoms with E-state index < -0.39 is 0 Å². The van der Waals surface area contributed by atoms with Gasteiger partial charge in [0, 0.05) is 5.56 Å². The Balaban J connectivity index is 2.46. The predicted molar refractivity (Wildman–Crippen MR) is 69.7 cm³/mol. The maximum Gasteiger partial charge on any atom is 0.128 e. The summed E-state index contributed by atoms with van der Waals surface area (Å²) in [5.74, 6) is 2.27. The van der Waals surface area contributed by atoms with E-state index in [2.05, 4.69) is 9.97 Å². The molecule has 0 saturated heterocycles. The van der Waals surface area contributed by atoms with E-state index in [4.69, 9.17) is 15.2 Å². The summed E-state index contributed by atoms with van der Waals surface area (Å²) >= 11 is 0. The minimum absolute atomic E-state index is 0.129. The number of ether oxygens (including phenoxy) is 2. The number of rotatable bonds is 4. The van der Waals surface area contributed by atoms with Gasteiger partial charge in [-0.05, 0) is 25.1 Å². The molecule has 1 aromatic carbocycles. The van der Waals surface area contributed by atoms with Crippen molar-refractivity contribution >= 4 is 0 Å². The SMILES string of the molecule is COc1ccc(OC)c(-c2cnc(C(C)N)[nH]2)c1. The Morgan fingerprint density at radius 1 is 1.28 bits per heavy atom. The highest BCUT2D eigenvalue weighted by atomic mass is 16.5. The lowest BCUT2D eigenvalue weighted by molar-refractivity contribution is 0.404. The highest BCUT2D eigenvalue weighted by Crippen LogP contribution is 2.32. The van der Waals surface area contributed by atoms with E-state index in [0.29, 0.717) is 0 Å². The van der Waals surface area contributed by atoms with Gasteiger partial charge in [0.2, 0.25) is 0 Å². The van der Waals surface area contributed by atoms with Crippen molar-refractivity contribution in [3.63, 3.8) is 0 Å². The number of imidazole rings is 1. The third-order valence-electron chi connectivity index (χ3n) is 2.72. The molecule has 5 nitrogen and oxygen atoms in total. The van der Waals surface area contributed by atoms with Gasteiger partial charge in [-0.1, -0.05) is 0 Å². The van der Waals surface area contributed by atoms with E-state index in [-0.39, 0.29) is 6.04 Å². The number of nitrogens with zero attached hydrogens (tertiary/aromatic N) is 1. The Morgan fingerprint density at radius 2 is 2.06 bits per heavy atom. The Hall–Kier alpha value is -2.01. The second-order valence-electron chi connectivity index (χ2n) is 4.04. The van der Waals surface area contributed by atoms with Gasteiger partial charge in [-0.15, -0.1) is 0 Å². The van der Waals surface area contributed by atoms with Gasteiger partial charge in [0.1, 0.15) is 17.3 Å². The molecule has 0 aliphatic rings. The molecule has 0 aliphatic carbocycles. The lowest BCUT2D eigenvalue weighted by atomic mass is 10.1. The standard InChI is InChI=1S/C13H17N3O2/c1-8(14)13-15-7-11(16-13)10-6-9(17-2)4-5-12(10)18-3/h4-8H,14H2,1-3H3,(H,15,16). The molecule has 18 heavy (non-hydrogen) atoms. The van der Waals surface area contributed by atoms with Crippen molar-refractivity contribution in [2.24, 2.45) is 5.73 Å². The number of hydrogen-bond donors (Lipinski definition) is 2. The van der Waals surface area contributed by atoms with Crippen molar-refractivity contribution in [1.29, 1.82) is 0 Å². The van der Waals surface area contributed by atoms with Gasteiger partial charge in [-0.3, -0.25) is 0 Å². The highest BCUT2D eigenvalue weighted by molar-refractivity contribution is 5.68. The Kier molecular flexibility index (Phi) is 3.53. The highest BCUT2D eigenvalue weighted by Gasteiger charge is 2.11.